The fraction of sp³-hybridized carbons (Fsp3) is 0.286. The molecule has 1 aromatic carbocycles. The lowest BCUT2D eigenvalue weighted by Gasteiger charge is -2.14. The molecule has 96 valence electrons. The van der Waals surface area contributed by atoms with Crippen LogP contribution in [-0.4, -0.2) is 7.05 Å². The highest BCUT2D eigenvalue weighted by molar-refractivity contribution is 6.30. The average Bonchev–Trinajstić information content (AvgIpc) is 2.75. The molecule has 0 saturated carbocycles. The zero-order valence-electron chi connectivity index (χ0n) is 10.3. The summed E-state index contributed by atoms with van der Waals surface area (Å²) < 4.78 is 19.3. The van der Waals surface area contributed by atoms with Gasteiger partial charge in [0.05, 0.1) is 6.04 Å². The van der Waals surface area contributed by atoms with Gasteiger partial charge in [-0.2, -0.15) is 0 Å². The minimum Gasteiger partial charge on any atom is -0.465 e. The standard InChI is InChI=1S/C14H15ClFNO/c1-9-3-6-14(18-9)13(17-2)7-10-4-5-11(15)8-12(10)16/h3-6,8,13,17H,7H2,1-2H3. The van der Waals surface area contributed by atoms with E-state index in [2.05, 4.69) is 5.32 Å². The van der Waals surface area contributed by atoms with Crippen molar-refractivity contribution < 1.29 is 8.81 Å². The van der Waals surface area contributed by atoms with Crippen LogP contribution < -0.4 is 5.32 Å². The number of hydrogen-bond acceptors (Lipinski definition) is 2. The van der Waals surface area contributed by atoms with Crippen molar-refractivity contribution in [3.8, 4) is 0 Å². The fourth-order valence-corrected chi connectivity index (χ4v) is 2.05. The van der Waals surface area contributed by atoms with Crippen LogP contribution in [0.3, 0.4) is 0 Å². The fourth-order valence-electron chi connectivity index (χ4n) is 1.89. The molecule has 0 spiro atoms. The van der Waals surface area contributed by atoms with Gasteiger partial charge in [-0.15, -0.1) is 0 Å². The van der Waals surface area contributed by atoms with Crippen molar-refractivity contribution in [3.05, 3.63) is 58.3 Å². The first-order valence-electron chi connectivity index (χ1n) is 5.77. The van der Waals surface area contributed by atoms with E-state index in [-0.39, 0.29) is 11.9 Å². The predicted octanol–water partition coefficient (Wildman–Crippen LogP) is 3.88. The highest BCUT2D eigenvalue weighted by Crippen LogP contribution is 2.23. The van der Waals surface area contributed by atoms with Gasteiger partial charge < -0.3 is 9.73 Å². The molecule has 1 unspecified atom stereocenters. The second-order valence-electron chi connectivity index (χ2n) is 4.23. The van der Waals surface area contributed by atoms with Gasteiger partial charge in [-0.05, 0) is 50.2 Å². The maximum atomic E-state index is 13.7. The Morgan fingerprint density at radius 3 is 2.67 bits per heavy atom. The molecule has 1 aromatic heterocycles. The Morgan fingerprint density at radius 2 is 2.11 bits per heavy atom. The van der Waals surface area contributed by atoms with Crippen molar-refractivity contribution in [1.82, 2.24) is 5.32 Å². The van der Waals surface area contributed by atoms with Gasteiger partial charge in [0, 0.05) is 5.02 Å². The smallest absolute Gasteiger partial charge is 0.127 e. The summed E-state index contributed by atoms with van der Waals surface area (Å²) in [5.74, 6) is 1.37. The maximum absolute atomic E-state index is 13.7. The number of halogens is 2. The van der Waals surface area contributed by atoms with Crippen LogP contribution in [0, 0.1) is 12.7 Å². The Bertz CT molecular complexity index is 538. The van der Waals surface area contributed by atoms with Gasteiger partial charge in [-0.25, -0.2) is 4.39 Å². The van der Waals surface area contributed by atoms with Gasteiger partial charge in [-0.3, -0.25) is 0 Å². The summed E-state index contributed by atoms with van der Waals surface area (Å²) in [6.07, 6.45) is 0.520. The normalized spacial score (nSPS) is 12.7. The number of nitrogens with one attached hydrogen (secondary N) is 1. The summed E-state index contributed by atoms with van der Waals surface area (Å²) in [7, 11) is 1.83. The number of furan rings is 1. The third-order valence-electron chi connectivity index (χ3n) is 2.89. The predicted molar refractivity (Wildman–Crippen MR) is 70.4 cm³/mol. The van der Waals surface area contributed by atoms with Gasteiger partial charge in [-0.1, -0.05) is 17.7 Å². The molecule has 0 saturated heterocycles. The highest BCUT2D eigenvalue weighted by Gasteiger charge is 2.16. The third kappa shape index (κ3) is 2.92. The Balaban J connectivity index is 2.20. The molecule has 2 nitrogen and oxygen atoms in total. The summed E-state index contributed by atoms with van der Waals surface area (Å²) in [5, 5.41) is 3.54. The molecule has 2 aromatic rings. The molecule has 0 aliphatic carbocycles. The Hall–Kier alpha value is -1.32. The minimum absolute atomic E-state index is 0.0469. The highest BCUT2D eigenvalue weighted by atomic mass is 35.5. The molecule has 1 N–H and O–H groups in total. The van der Waals surface area contributed by atoms with E-state index in [0.29, 0.717) is 17.0 Å². The topological polar surface area (TPSA) is 25.2 Å². The molecular weight excluding hydrogens is 253 g/mol. The van der Waals surface area contributed by atoms with Gasteiger partial charge in [0.1, 0.15) is 17.3 Å². The molecule has 1 heterocycles. The largest absolute Gasteiger partial charge is 0.465 e. The van der Waals surface area contributed by atoms with Gasteiger partial charge in [0.2, 0.25) is 0 Å². The summed E-state index contributed by atoms with van der Waals surface area (Å²) in [6.45, 7) is 1.89. The van der Waals surface area contributed by atoms with E-state index >= 15 is 0 Å². The number of hydrogen-bond donors (Lipinski definition) is 1. The molecule has 0 fully saturated rings. The van der Waals surface area contributed by atoms with Crippen molar-refractivity contribution in [2.24, 2.45) is 0 Å². The molecule has 0 aliphatic rings. The van der Waals surface area contributed by atoms with Crippen LogP contribution in [0.4, 0.5) is 4.39 Å². The first-order valence-corrected chi connectivity index (χ1v) is 6.15. The van der Waals surface area contributed by atoms with Crippen LogP contribution in [0.15, 0.2) is 34.7 Å². The van der Waals surface area contributed by atoms with Crippen molar-refractivity contribution in [1.29, 1.82) is 0 Å². The van der Waals surface area contributed by atoms with Crippen molar-refractivity contribution in [2.45, 2.75) is 19.4 Å². The Kier molecular flexibility index (Phi) is 4.04. The summed E-state index contributed by atoms with van der Waals surface area (Å²) in [4.78, 5) is 0. The van der Waals surface area contributed by atoms with E-state index in [4.69, 9.17) is 16.0 Å². The summed E-state index contributed by atoms with van der Waals surface area (Å²) >= 11 is 5.73. The number of likely N-dealkylation sites (N-methyl/N-ethyl adjacent to an activating group) is 1. The molecule has 0 aliphatic heterocycles. The van der Waals surface area contributed by atoms with E-state index in [1.807, 2.05) is 26.1 Å². The van der Waals surface area contributed by atoms with Gasteiger partial charge >= 0.3 is 0 Å². The third-order valence-corrected chi connectivity index (χ3v) is 3.13. The lowest BCUT2D eigenvalue weighted by Crippen LogP contribution is -2.18. The zero-order valence-corrected chi connectivity index (χ0v) is 11.1. The average molecular weight is 268 g/mol. The van der Waals surface area contributed by atoms with Crippen LogP contribution >= 0.6 is 11.6 Å². The van der Waals surface area contributed by atoms with Crippen molar-refractivity contribution >= 4 is 11.6 Å². The monoisotopic (exact) mass is 267 g/mol. The van der Waals surface area contributed by atoms with E-state index in [1.54, 1.807) is 12.1 Å². The first-order chi connectivity index (χ1) is 8.60. The molecule has 0 amide bonds. The van der Waals surface area contributed by atoms with Gasteiger partial charge in [0.25, 0.3) is 0 Å². The van der Waals surface area contributed by atoms with Crippen molar-refractivity contribution in [3.63, 3.8) is 0 Å². The maximum Gasteiger partial charge on any atom is 0.127 e. The molecule has 4 heteroatoms. The number of aryl methyl sites for hydroxylation is 1. The molecule has 0 bridgehead atoms. The van der Waals surface area contributed by atoms with E-state index in [0.717, 1.165) is 11.5 Å². The molecule has 1 atom stereocenters. The summed E-state index contributed by atoms with van der Waals surface area (Å²) in [5.41, 5.74) is 0.618. The van der Waals surface area contributed by atoms with Gasteiger partial charge in [0.15, 0.2) is 0 Å². The first kappa shape index (κ1) is 13.1. The van der Waals surface area contributed by atoms with E-state index in [1.165, 1.54) is 6.07 Å². The Morgan fingerprint density at radius 1 is 1.33 bits per heavy atom. The van der Waals surface area contributed by atoms with Crippen LogP contribution in [0.25, 0.3) is 0 Å². The van der Waals surface area contributed by atoms with Crippen LogP contribution in [0.5, 0.6) is 0 Å². The molecule has 0 radical (unpaired) electrons. The van der Waals surface area contributed by atoms with Crippen LogP contribution in [-0.2, 0) is 6.42 Å². The van der Waals surface area contributed by atoms with E-state index < -0.39 is 0 Å². The minimum atomic E-state index is -0.286. The Labute approximate surface area is 111 Å². The number of benzene rings is 1. The zero-order chi connectivity index (χ0) is 13.1. The molecular formula is C14H15ClFNO. The lowest BCUT2D eigenvalue weighted by atomic mass is 10.0. The van der Waals surface area contributed by atoms with Crippen molar-refractivity contribution in [2.75, 3.05) is 7.05 Å². The van der Waals surface area contributed by atoms with Crippen LogP contribution in [0.2, 0.25) is 5.02 Å². The molecule has 2 rings (SSSR count). The quantitative estimate of drug-likeness (QED) is 0.909. The second kappa shape index (κ2) is 5.55. The SMILES string of the molecule is CNC(Cc1ccc(Cl)cc1F)c1ccc(C)o1. The van der Waals surface area contributed by atoms with Crippen LogP contribution in [0.1, 0.15) is 23.1 Å². The lowest BCUT2D eigenvalue weighted by molar-refractivity contribution is 0.411. The molecule has 18 heavy (non-hydrogen) atoms. The summed E-state index contributed by atoms with van der Waals surface area (Å²) in [6, 6.07) is 8.49. The van der Waals surface area contributed by atoms with E-state index in [9.17, 15) is 4.39 Å². The number of rotatable bonds is 4. The second-order valence-corrected chi connectivity index (χ2v) is 4.67.